The fraction of sp³-hybridized carbons (Fsp3) is 0.381. The molecule has 1 heterocycles. The molecule has 0 radical (unpaired) electrons. The van der Waals surface area contributed by atoms with Crippen molar-refractivity contribution in [1.82, 2.24) is 10.6 Å². The van der Waals surface area contributed by atoms with E-state index in [4.69, 9.17) is 4.74 Å². The van der Waals surface area contributed by atoms with Gasteiger partial charge >= 0.3 is 0 Å². The molecule has 0 aliphatic carbocycles. The molecule has 1 fully saturated rings. The van der Waals surface area contributed by atoms with Crippen LogP contribution >= 0.6 is 39.9 Å². The van der Waals surface area contributed by atoms with Crippen LogP contribution in [0.25, 0.3) is 0 Å². The van der Waals surface area contributed by atoms with E-state index in [1.165, 1.54) is 16.8 Å². The zero-order valence-corrected chi connectivity index (χ0v) is 20.2. The van der Waals surface area contributed by atoms with Gasteiger partial charge in [-0.15, -0.1) is 24.0 Å². The zero-order chi connectivity index (χ0) is 19.1. The van der Waals surface area contributed by atoms with Crippen molar-refractivity contribution in [1.29, 1.82) is 0 Å². The quantitative estimate of drug-likeness (QED) is 0.317. The smallest absolute Gasteiger partial charge is 0.191 e. The first-order valence-electron chi connectivity index (χ1n) is 9.23. The molecule has 0 amide bonds. The summed E-state index contributed by atoms with van der Waals surface area (Å²) in [5.41, 5.74) is 3.69. The van der Waals surface area contributed by atoms with Gasteiger partial charge in [0, 0.05) is 50.0 Å². The molecule has 5 nitrogen and oxygen atoms in total. The number of nitrogens with one attached hydrogen (secondary N) is 2. The highest BCUT2D eigenvalue weighted by atomic mass is 127. The molecule has 1 saturated heterocycles. The SMILES string of the molecule is CN=C(NCc1ccccc1COC)NC1CCN(c2ccc(Br)cc2)C1.I. The lowest BCUT2D eigenvalue weighted by atomic mass is 10.1. The first-order chi connectivity index (χ1) is 13.2. The first kappa shape index (κ1) is 23.0. The fourth-order valence-corrected chi connectivity index (χ4v) is 3.62. The number of halogens is 2. The molecule has 2 aromatic carbocycles. The fourth-order valence-electron chi connectivity index (χ4n) is 3.36. The Morgan fingerprint density at radius 2 is 1.89 bits per heavy atom. The second-order valence-electron chi connectivity index (χ2n) is 6.68. The van der Waals surface area contributed by atoms with Gasteiger partial charge in [0.15, 0.2) is 5.96 Å². The first-order valence-corrected chi connectivity index (χ1v) is 10.0. The number of rotatable bonds is 6. The van der Waals surface area contributed by atoms with Crippen LogP contribution in [0.4, 0.5) is 5.69 Å². The predicted molar refractivity (Wildman–Crippen MR) is 131 cm³/mol. The molecule has 7 heteroatoms. The van der Waals surface area contributed by atoms with Gasteiger partial charge in [-0.1, -0.05) is 40.2 Å². The Bertz CT molecular complexity index is 769. The maximum Gasteiger partial charge on any atom is 0.191 e. The highest BCUT2D eigenvalue weighted by Gasteiger charge is 2.23. The van der Waals surface area contributed by atoms with Crippen molar-refractivity contribution in [2.75, 3.05) is 32.1 Å². The third kappa shape index (κ3) is 6.35. The topological polar surface area (TPSA) is 48.9 Å². The largest absolute Gasteiger partial charge is 0.380 e. The lowest BCUT2D eigenvalue weighted by molar-refractivity contribution is 0.184. The standard InChI is InChI=1S/C21H27BrN4O.HI/c1-23-21(24-13-16-5-3-4-6-17(16)15-27-2)25-19-11-12-26(14-19)20-9-7-18(22)8-10-20;/h3-10,19H,11-15H2,1-2H3,(H2,23,24,25);1H. The van der Waals surface area contributed by atoms with E-state index in [1.54, 1.807) is 7.11 Å². The summed E-state index contributed by atoms with van der Waals surface area (Å²) in [5, 5.41) is 6.99. The number of hydrogen-bond acceptors (Lipinski definition) is 3. The Balaban J connectivity index is 0.00000280. The van der Waals surface area contributed by atoms with E-state index >= 15 is 0 Å². The van der Waals surface area contributed by atoms with Gasteiger partial charge in [-0.05, 0) is 41.8 Å². The number of anilines is 1. The van der Waals surface area contributed by atoms with E-state index in [2.05, 4.69) is 78.9 Å². The molecule has 152 valence electrons. The number of nitrogens with zero attached hydrogens (tertiary/aromatic N) is 2. The number of benzene rings is 2. The molecule has 0 bridgehead atoms. The molecule has 3 rings (SSSR count). The zero-order valence-electron chi connectivity index (χ0n) is 16.3. The molecule has 1 aliphatic heterocycles. The monoisotopic (exact) mass is 558 g/mol. The van der Waals surface area contributed by atoms with Crippen molar-refractivity contribution in [3.05, 3.63) is 64.1 Å². The second kappa shape index (κ2) is 11.6. The van der Waals surface area contributed by atoms with Gasteiger partial charge in [-0.2, -0.15) is 0 Å². The van der Waals surface area contributed by atoms with Gasteiger partial charge < -0.3 is 20.3 Å². The molecule has 1 aliphatic rings. The van der Waals surface area contributed by atoms with Crippen molar-refractivity contribution in [3.63, 3.8) is 0 Å². The average Bonchev–Trinajstić information content (AvgIpc) is 3.15. The molecule has 1 atom stereocenters. The molecule has 2 aromatic rings. The third-order valence-electron chi connectivity index (χ3n) is 4.81. The summed E-state index contributed by atoms with van der Waals surface area (Å²) >= 11 is 3.50. The number of hydrogen-bond donors (Lipinski definition) is 2. The summed E-state index contributed by atoms with van der Waals surface area (Å²) in [7, 11) is 3.54. The normalized spacial score (nSPS) is 16.6. The summed E-state index contributed by atoms with van der Waals surface area (Å²) in [5.74, 6) is 0.838. The van der Waals surface area contributed by atoms with Crippen molar-refractivity contribution in [3.8, 4) is 0 Å². The molecular weight excluding hydrogens is 531 g/mol. The third-order valence-corrected chi connectivity index (χ3v) is 5.34. The minimum absolute atomic E-state index is 0. The highest BCUT2D eigenvalue weighted by molar-refractivity contribution is 14.0. The Morgan fingerprint density at radius 3 is 2.57 bits per heavy atom. The Morgan fingerprint density at radius 1 is 1.18 bits per heavy atom. The molecule has 1 unspecified atom stereocenters. The van der Waals surface area contributed by atoms with Crippen LogP contribution in [-0.2, 0) is 17.9 Å². The van der Waals surface area contributed by atoms with E-state index in [-0.39, 0.29) is 24.0 Å². The van der Waals surface area contributed by atoms with Crippen molar-refractivity contribution in [2.24, 2.45) is 4.99 Å². The lowest BCUT2D eigenvalue weighted by Crippen LogP contribution is -2.44. The van der Waals surface area contributed by atoms with Crippen LogP contribution < -0.4 is 15.5 Å². The van der Waals surface area contributed by atoms with E-state index < -0.39 is 0 Å². The molecule has 0 saturated carbocycles. The summed E-state index contributed by atoms with van der Waals surface area (Å²) in [6.07, 6.45) is 1.09. The summed E-state index contributed by atoms with van der Waals surface area (Å²) in [6, 6.07) is 17.2. The maximum absolute atomic E-state index is 5.29. The number of ether oxygens (including phenoxy) is 1. The summed E-state index contributed by atoms with van der Waals surface area (Å²) in [4.78, 5) is 6.80. The maximum atomic E-state index is 5.29. The lowest BCUT2D eigenvalue weighted by Gasteiger charge is -2.21. The van der Waals surface area contributed by atoms with Crippen LogP contribution in [0.5, 0.6) is 0 Å². The molecule has 0 spiro atoms. The molecular formula is C21H28BrIN4O. The van der Waals surface area contributed by atoms with E-state index in [0.29, 0.717) is 12.6 Å². The van der Waals surface area contributed by atoms with Gasteiger partial charge in [0.1, 0.15) is 0 Å². The van der Waals surface area contributed by atoms with E-state index in [1.807, 2.05) is 13.1 Å². The van der Waals surface area contributed by atoms with Crippen LogP contribution in [0.1, 0.15) is 17.5 Å². The van der Waals surface area contributed by atoms with E-state index in [0.717, 1.165) is 36.5 Å². The predicted octanol–water partition coefficient (Wildman–Crippen LogP) is 4.16. The minimum Gasteiger partial charge on any atom is -0.380 e. The van der Waals surface area contributed by atoms with Crippen LogP contribution in [0.3, 0.4) is 0 Å². The number of aliphatic imine (C=N–C) groups is 1. The summed E-state index contributed by atoms with van der Waals surface area (Å²) in [6.45, 7) is 3.37. The summed E-state index contributed by atoms with van der Waals surface area (Å²) < 4.78 is 6.40. The van der Waals surface area contributed by atoms with Crippen LogP contribution in [0.15, 0.2) is 58.0 Å². The molecule has 2 N–H and O–H groups in total. The van der Waals surface area contributed by atoms with Gasteiger partial charge in [0.25, 0.3) is 0 Å². The van der Waals surface area contributed by atoms with Gasteiger partial charge in [-0.25, -0.2) is 0 Å². The van der Waals surface area contributed by atoms with Gasteiger partial charge in [-0.3, -0.25) is 4.99 Å². The minimum atomic E-state index is 0. The van der Waals surface area contributed by atoms with Gasteiger partial charge in [0.05, 0.1) is 6.61 Å². The van der Waals surface area contributed by atoms with Crippen LogP contribution in [0.2, 0.25) is 0 Å². The second-order valence-corrected chi connectivity index (χ2v) is 7.60. The average molecular weight is 559 g/mol. The Kier molecular flexibility index (Phi) is 9.53. The van der Waals surface area contributed by atoms with Crippen LogP contribution in [-0.4, -0.2) is 39.2 Å². The van der Waals surface area contributed by atoms with Crippen molar-refractivity contribution < 1.29 is 4.74 Å². The van der Waals surface area contributed by atoms with Gasteiger partial charge in [0.2, 0.25) is 0 Å². The number of guanidine groups is 1. The Hall–Kier alpha value is -1.32. The number of methoxy groups -OCH3 is 1. The molecule has 0 aromatic heterocycles. The van der Waals surface area contributed by atoms with E-state index in [9.17, 15) is 0 Å². The Labute approximate surface area is 193 Å². The molecule has 28 heavy (non-hydrogen) atoms. The van der Waals surface area contributed by atoms with Crippen molar-refractivity contribution >= 4 is 51.6 Å². The highest BCUT2D eigenvalue weighted by Crippen LogP contribution is 2.22. The van der Waals surface area contributed by atoms with Crippen LogP contribution in [0, 0.1) is 0 Å². The van der Waals surface area contributed by atoms with Crippen molar-refractivity contribution in [2.45, 2.75) is 25.6 Å².